The Kier molecular flexibility index (Phi) is 10.5. The number of halogens is 1. The normalized spacial score (nSPS) is 16.4. The lowest BCUT2D eigenvalue weighted by Crippen LogP contribution is -2.43. The van der Waals surface area contributed by atoms with Crippen molar-refractivity contribution >= 4 is 35.6 Å². The van der Waals surface area contributed by atoms with Gasteiger partial charge in [0.15, 0.2) is 5.96 Å². The van der Waals surface area contributed by atoms with Crippen LogP contribution < -0.4 is 10.6 Å². The van der Waals surface area contributed by atoms with Crippen LogP contribution in [0.2, 0.25) is 0 Å². The molecule has 162 valence electrons. The molecule has 30 heavy (non-hydrogen) atoms. The predicted molar refractivity (Wildman–Crippen MR) is 127 cm³/mol. The van der Waals surface area contributed by atoms with Gasteiger partial charge >= 0.3 is 0 Å². The Morgan fingerprint density at radius 1 is 1.20 bits per heavy atom. The Hall–Kier alpha value is -2.27. The zero-order valence-corrected chi connectivity index (χ0v) is 19.2. The van der Waals surface area contributed by atoms with Gasteiger partial charge in [-0.1, -0.05) is 18.2 Å². The van der Waals surface area contributed by atoms with Crippen LogP contribution in [0.15, 0.2) is 53.7 Å². The summed E-state index contributed by atoms with van der Waals surface area (Å²) in [7, 11) is 0. The Labute approximate surface area is 193 Å². The second-order valence-corrected chi connectivity index (χ2v) is 6.96. The van der Waals surface area contributed by atoms with Gasteiger partial charge in [0, 0.05) is 50.1 Å². The van der Waals surface area contributed by atoms with Crippen molar-refractivity contribution in [3.63, 3.8) is 0 Å². The highest BCUT2D eigenvalue weighted by Gasteiger charge is 2.14. The molecule has 0 radical (unpaired) electrons. The molecule has 1 saturated heterocycles. The van der Waals surface area contributed by atoms with Crippen LogP contribution in [0.5, 0.6) is 0 Å². The van der Waals surface area contributed by atoms with E-state index in [2.05, 4.69) is 20.6 Å². The van der Waals surface area contributed by atoms with Gasteiger partial charge in [0.05, 0.1) is 17.6 Å². The molecule has 9 heteroatoms. The van der Waals surface area contributed by atoms with E-state index in [-0.39, 0.29) is 35.8 Å². The highest BCUT2D eigenvalue weighted by atomic mass is 127. The third-order valence-electron chi connectivity index (χ3n) is 4.74. The molecule has 0 aliphatic carbocycles. The fourth-order valence-corrected chi connectivity index (χ4v) is 3.10. The molecule has 0 spiro atoms. The predicted octanol–water partition coefficient (Wildman–Crippen LogP) is 3.45. The molecule has 1 aromatic heterocycles. The highest BCUT2D eigenvalue weighted by molar-refractivity contribution is 14.0. The zero-order chi connectivity index (χ0) is 20.3. The van der Waals surface area contributed by atoms with Gasteiger partial charge in [0.1, 0.15) is 0 Å². The minimum absolute atomic E-state index is 0. The summed E-state index contributed by atoms with van der Waals surface area (Å²) in [4.78, 5) is 19.4. The molecule has 1 aliphatic rings. The second-order valence-electron chi connectivity index (χ2n) is 6.96. The quantitative estimate of drug-likeness (QED) is 0.180. The molecule has 0 amide bonds. The molecule has 2 aromatic rings. The minimum atomic E-state index is -0.399. The molecule has 0 saturated carbocycles. The van der Waals surface area contributed by atoms with Gasteiger partial charge in [-0.15, -0.1) is 24.0 Å². The zero-order valence-electron chi connectivity index (χ0n) is 16.8. The van der Waals surface area contributed by atoms with Crippen molar-refractivity contribution in [2.45, 2.75) is 38.3 Å². The smallest absolute Gasteiger partial charge is 0.269 e. The Morgan fingerprint density at radius 2 is 2.03 bits per heavy atom. The third kappa shape index (κ3) is 8.23. The van der Waals surface area contributed by atoms with Crippen molar-refractivity contribution < 1.29 is 9.66 Å². The van der Waals surface area contributed by atoms with Crippen molar-refractivity contribution in [1.29, 1.82) is 0 Å². The lowest BCUT2D eigenvalue weighted by molar-refractivity contribution is -0.384. The largest absolute Gasteiger partial charge is 0.376 e. The van der Waals surface area contributed by atoms with E-state index in [9.17, 15) is 10.1 Å². The number of guanidine groups is 1. The number of benzene rings is 1. The molecule has 1 aromatic carbocycles. The fourth-order valence-electron chi connectivity index (χ4n) is 3.10. The number of nitro groups is 1. The Bertz CT molecular complexity index is 796. The maximum atomic E-state index is 10.8. The number of hydrogen-bond donors (Lipinski definition) is 2. The van der Waals surface area contributed by atoms with Crippen LogP contribution >= 0.6 is 24.0 Å². The van der Waals surface area contributed by atoms with Gasteiger partial charge in [-0.05, 0) is 37.0 Å². The fraction of sp³-hybridized carbons (Fsp3) is 0.429. The van der Waals surface area contributed by atoms with E-state index in [1.165, 1.54) is 18.6 Å². The third-order valence-corrected chi connectivity index (χ3v) is 4.74. The van der Waals surface area contributed by atoms with Gasteiger partial charge in [0.25, 0.3) is 5.69 Å². The lowest BCUT2D eigenvalue weighted by atomic mass is 10.1. The van der Waals surface area contributed by atoms with Gasteiger partial charge in [-0.25, -0.2) is 4.99 Å². The number of nitro benzene ring substituents is 1. The number of ether oxygens (including phenoxy) is 1. The molecule has 1 unspecified atom stereocenters. The van der Waals surface area contributed by atoms with Crippen LogP contribution in [0.25, 0.3) is 0 Å². The maximum absolute atomic E-state index is 10.8. The summed E-state index contributed by atoms with van der Waals surface area (Å²) in [6, 6.07) is 12.3. The first-order valence-electron chi connectivity index (χ1n) is 9.98. The number of nitrogens with zero attached hydrogens (tertiary/aromatic N) is 3. The molecule has 2 N–H and O–H groups in total. The maximum Gasteiger partial charge on any atom is 0.269 e. The average Bonchev–Trinajstić information content (AvgIpc) is 2.77. The molecule has 1 aliphatic heterocycles. The monoisotopic (exact) mass is 525 g/mol. The SMILES string of the molecule is I.O=[N+]([O-])c1ccc(CN=C(NCCc2ccccn2)NCC2CCCCO2)cc1. The van der Waals surface area contributed by atoms with E-state index < -0.39 is 4.92 Å². The summed E-state index contributed by atoms with van der Waals surface area (Å²) < 4.78 is 5.78. The van der Waals surface area contributed by atoms with Crippen LogP contribution in [-0.4, -0.2) is 41.7 Å². The molecule has 3 rings (SSSR count). The van der Waals surface area contributed by atoms with Crippen molar-refractivity contribution in [3.8, 4) is 0 Å². The molecule has 2 heterocycles. The number of pyridine rings is 1. The molecule has 0 bridgehead atoms. The van der Waals surface area contributed by atoms with Crippen LogP contribution in [0, 0.1) is 10.1 Å². The molecular weight excluding hydrogens is 497 g/mol. The summed E-state index contributed by atoms with van der Waals surface area (Å²) in [5.74, 6) is 0.702. The summed E-state index contributed by atoms with van der Waals surface area (Å²) >= 11 is 0. The molecule has 1 atom stereocenters. The number of aromatic nitrogens is 1. The van der Waals surface area contributed by atoms with Crippen molar-refractivity contribution in [1.82, 2.24) is 15.6 Å². The summed E-state index contributed by atoms with van der Waals surface area (Å²) in [6.07, 6.45) is 6.15. The number of hydrogen-bond acceptors (Lipinski definition) is 5. The summed E-state index contributed by atoms with van der Waals surface area (Å²) in [5.41, 5.74) is 2.01. The van der Waals surface area contributed by atoms with E-state index >= 15 is 0 Å². The van der Waals surface area contributed by atoms with Crippen LogP contribution in [-0.2, 0) is 17.7 Å². The van der Waals surface area contributed by atoms with Gasteiger partial charge in [-0.2, -0.15) is 0 Å². The van der Waals surface area contributed by atoms with Crippen molar-refractivity contribution in [2.24, 2.45) is 4.99 Å². The van der Waals surface area contributed by atoms with Crippen molar-refractivity contribution in [3.05, 3.63) is 70.0 Å². The van der Waals surface area contributed by atoms with Crippen LogP contribution in [0.4, 0.5) is 5.69 Å². The van der Waals surface area contributed by atoms with E-state index in [1.54, 1.807) is 18.3 Å². The summed E-state index contributed by atoms with van der Waals surface area (Å²) in [6.45, 7) is 2.65. The molecule has 1 fully saturated rings. The van der Waals surface area contributed by atoms with E-state index in [1.807, 2.05) is 18.2 Å². The topological polar surface area (TPSA) is 102 Å². The van der Waals surface area contributed by atoms with Crippen molar-refractivity contribution in [2.75, 3.05) is 19.7 Å². The molecular formula is C21H28IN5O3. The first-order chi connectivity index (χ1) is 14.2. The van der Waals surface area contributed by atoms with Gasteiger partial charge < -0.3 is 15.4 Å². The Morgan fingerprint density at radius 3 is 2.70 bits per heavy atom. The minimum Gasteiger partial charge on any atom is -0.376 e. The average molecular weight is 525 g/mol. The van der Waals surface area contributed by atoms with Crippen LogP contribution in [0.1, 0.15) is 30.5 Å². The first kappa shape index (κ1) is 24.0. The standard InChI is InChI=1S/C21H27N5O3.HI/c27-26(28)19-9-7-17(8-10-19)15-24-21(25-16-20-6-2-4-14-29-20)23-13-11-18-5-1-3-12-22-18;/h1,3,5,7-10,12,20H,2,4,6,11,13-16H2,(H2,23,24,25);1H. The number of non-ortho nitro benzene ring substituents is 1. The second kappa shape index (κ2) is 13.1. The van der Waals surface area contributed by atoms with E-state index in [4.69, 9.17) is 4.74 Å². The van der Waals surface area contributed by atoms with E-state index in [0.717, 1.165) is 37.1 Å². The number of nitrogens with one attached hydrogen (secondary N) is 2. The highest BCUT2D eigenvalue weighted by Crippen LogP contribution is 2.13. The number of aliphatic imine (C=N–C) groups is 1. The van der Waals surface area contributed by atoms with Gasteiger partial charge in [-0.3, -0.25) is 15.1 Å². The lowest BCUT2D eigenvalue weighted by Gasteiger charge is -2.23. The number of rotatable bonds is 8. The first-order valence-corrected chi connectivity index (χ1v) is 9.98. The summed E-state index contributed by atoms with van der Waals surface area (Å²) in [5, 5.41) is 17.5. The van der Waals surface area contributed by atoms with Gasteiger partial charge in [0.2, 0.25) is 0 Å². The van der Waals surface area contributed by atoms with E-state index in [0.29, 0.717) is 25.6 Å². The van der Waals surface area contributed by atoms with Crippen LogP contribution in [0.3, 0.4) is 0 Å². The molecule has 8 nitrogen and oxygen atoms in total. The Balaban J connectivity index is 0.00000320.